The Bertz CT molecular complexity index is 406. The molecule has 1 rings (SSSR count). The van der Waals surface area contributed by atoms with Gasteiger partial charge in [0.25, 0.3) is 0 Å². The summed E-state index contributed by atoms with van der Waals surface area (Å²) in [5, 5.41) is 2.63. The van der Waals surface area contributed by atoms with Gasteiger partial charge in [0.2, 0.25) is 5.91 Å². The van der Waals surface area contributed by atoms with Crippen molar-refractivity contribution in [3.63, 3.8) is 0 Å². The average molecular weight is 250 g/mol. The first kappa shape index (κ1) is 14.2. The molecule has 2 unspecified atom stereocenters. The Morgan fingerprint density at radius 1 is 1.33 bits per heavy atom. The van der Waals surface area contributed by atoms with E-state index in [9.17, 15) is 9.59 Å². The van der Waals surface area contributed by atoms with Crippen molar-refractivity contribution in [2.45, 2.75) is 13.0 Å². The predicted octanol–water partition coefficient (Wildman–Crippen LogP) is 0.612. The Kier molecular flexibility index (Phi) is 5.32. The molecule has 0 heterocycles. The zero-order valence-electron chi connectivity index (χ0n) is 10.6. The highest BCUT2D eigenvalue weighted by molar-refractivity contribution is 5.83. The van der Waals surface area contributed by atoms with Gasteiger partial charge in [0.05, 0.1) is 13.0 Å². The molecule has 0 aliphatic rings. The van der Waals surface area contributed by atoms with Gasteiger partial charge in [-0.05, 0) is 5.56 Å². The first-order valence-electron chi connectivity index (χ1n) is 5.72. The van der Waals surface area contributed by atoms with Crippen LogP contribution in [0.4, 0.5) is 0 Å². The van der Waals surface area contributed by atoms with Gasteiger partial charge in [0.15, 0.2) is 0 Å². The lowest BCUT2D eigenvalue weighted by Gasteiger charge is -2.14. The van der Waals surface area contributed by atoms with E-state index >= 15 is 0 Å². The third-order valence-electron chi connectivity index (χ3n) is 2.63. The molecule has 5 nitrogen and oxygen atoms in total. The monoisotopic (exact) mass is 250 g/mol. The van der Waals surface area contributed by atoms with Gasteiger partial charge in [0.1, 0.15) is 6.04 Å². The SMILES string of the molecule is COC(=O)C(C)CNC(=O)C(N)c1ccccc1. The quantitative estimate of drug-likeness (QED) is 0.750. The van der Waals surface area contributed by atoms with Crippen molar-refractivity contribution in [2.75, 3.05) is 13.7 Å². The molecule has 18 heavy (non-hydrogen) atoms. The Morgan fingerprint density at radius 3 is 2.50 bits per heavy atom. The minimum atomic E-state index is -0.726. The number of rotatable bonds is 5. The number of amides is 1. The highest BCUT2D eigenvalue weighted by Gasteiger charge is 2.18. The fourth-order valence-electron chi connectivity index (χ4n) is 1.46. The van der Waals surface area contributed by atoms with E-state index in [1.165, 1.54) is 7.11 Å². The second kappa shape index (κ2) is 6.76. The van der Waals surface area contributed by atoms with Crippen LogP contribution in [0.1, 0.15) is 18.5 Å². The number of benzene rings is 1. The number of ether oxygens (including phenoxy) is 1. The molecule has 0 bridgehead atoms. The van der Waals surface area contributed by atoms with E-state index in [1.807, 2.05) is 18.2 Å². The molecule has 0 saturated carbocycles. The Hall–Kier alpha value is -1.88. The average Bonchev–Trinajstić information content (AvgIpc) is 2.43. The molecule has 0 aromatic heterocycles. The summed E-state index contributed by atoms with van der Waals surface area (Å²) < 4.78 is 4.57. The number of methoxy groups -OCH3 is 1. The maximum absolute atomic E-state index is 11.8. The summed E-state index contributed by atoms with van der Waals surface area (Å²) >= 11 is 0. The van der Waals surface area contributed by atoms with Gasteiger partial charge >= 0.3 is 5.97 Å². The highest BCUT2D eigenvalue weighted by atomic mass is 16.5. The Morgan fingerprint density at radius 2 is 1.94 bits per heavy atom. The van der Waals surface area contributed by atoms with Gasteiger partial charge in [-0.3, -0.25) is 9.59 Å². The number of carbonyl (C=O) groups excluding carboxylic acids is 2. The standard InChI is InChI=1S/C13H18N2O3/c1-9(13(17)18-2)8-15-12(16)11(14)10-6-4-3-5-7-10/h3-7,9,11H,8,14H2,1-2H3,(H,15,16). The van der Waals surface area contributed by atoms with E-state index in [0.717, 1.165) is 5.56 Å². The van der Waals surface area contributed by atoms with Crippen LogP contribution in [0.25, 0.3) is 0 Å². The van der Waals surface area contributed by atoms with Crippen LogP contribution in [0.15, 0.2) is 30.3 Å². The molecular weight excluding hydrogens is 232 g/mol. The predicted molar refractivity (Wildman–Crippen MR) is 67.6 cm³/mol. The summed E-state index contributed by atoms with van der Waals surface area (Å²) in [6.07, 6.45) is 0. The molecule has 98 valence electrons. The topological polar surface area (TPSA) is 81.4 Å². The van der Waals surface area contributed by atoms with Crippen molar-refractivity contribution in [1.29, 1.82) is 0 Å². The highest BCUT2D eigenvalue weighted by Crippen LogP contribution is 2.09. The normalized spacial score (nSPS) is 13.5. The molecule has 0 aliphatic heterocycles. The molecule has 0 fully saturated rings. The number of hydrogen-bond donors (Lipinski definition) is 2. The third kappa shape index (κ3) is 3.85. The first-order chi connectivity index (χ1) is 8.56. The zero-order chi connectivity index (χ0) is 13.5. The zero-order valence-corrected chi connectivity index (χ0v) is 10.6. The minimum Gasteiger partial charge on any atom is -0.469 e. The minimum absolute atomic E-state index is 0.214. The molecular formula is C13H18N2O3. The fraction of sp³-hybridized carbons (Fsp3) is 0.385. The molecule has 0 aliphatic carbocycles. The first-order valence-corrected chi connectivity index (χ1v) is 5.72. The van der Waals surface area contributed by atoms with E-state index in [2.05, 4.69) is 10.1 Å². The Labute approximate surface area is 106 Å². The van der Waals surface area contributed by atoms with Gasteiger partial charge in [0, 0.05) is 6.54 Å². The molecule has 0 radical (unpaired) electrons. The van der Waals surface area contributed by atoms with Crippen LogP contribution in [-0.2, 0) is 14.3 Å². The molecule has 1 aromatic rings. The van der Waals surface area contributed by atoms with E-state index in [0.29, 0.717) is 0 Å². The number of carbonyl (C=O) groups is 2. The van der Waals surface area contributed by atoms with E-state index in [1.54, 1.807) is 19.1 Å². The van der Waals surface area contributed by atoms with Gasteiger partial charge in [-0.1, -0.05) is 37.3 Å². The van der Waals surface area contributed by atoms with Gasteiger partial charge in [-0.25, -0.2) is 0 Å². The van der Waals surface area contributed by atoms with Crippen molar-refractivity contribution in [1.82, 2.24) is 5.32 Å². The van der Waals surface area contributed by atoms with Crippen molar-refractivity contribution in [2.24, 2.45) is 11.7 Å². The third-order valence-corrected chi connectivity index (χ3v) is 2.63. The maximum Gasteiger partial charge on any atom is 0.310 e. The van der Waals surface area contributed by atoms with E-state index in [-0.39, 0.29) is 24.3 Å². The lowest BCUT2D eigenvalue weighted by molar-refractivity contribution is -0.144. The summed E-state index contributed by atoms with van der Waals surface area (Å²) in [6, 6.07) is 8.34. The van der Waals surface area contributed by atoms with Crippen molar-refractivity contribution >= 4 is 11.9 Å². The summed E-state index contributed by atoms with van der Waals surface area (Å²) in [6.45, 7) is 1.90. The molecule has 2 atom stereocenters. The number of nitrogens with two attached hydrogens (primary N) is 1. The summed E-state index contributed by atoms with van der Waals surface area (Å²) in [7, 11) is 1.32. The van der Waals surface area contributed by atoms with Crippen LogP contribution in [0.5, 0.6) is 0 Å². The summed E-state index contributed by atoms with van der Waals surface area (Å²) in [5.41, 5.74) is 6.54. The van der Waals surface area contributed by atoms with Crippen LogP contribution in [-0.4, -0.2) is 25.5 Å². The molecule has 1 aromatic carbocycles. The Balaban J connectivity index is 2.49. The van der Waals surface area contributed by atoms with Crippen LogP contribution in [0, 0.1) is 5.92 Å². The molecule has 5 heteroatoms. The lowest BCUT2D eigenvalue weighted by Crippen LogP contribution is -2.38. The van der Waals surface area contributed by atoms with E-state index in [4.69, 9.17) is 5.73 Å². The molecule has 0 saturated heterocycles. The summed E-state index contributed by atoms with van der Waals surface area (Å²) in [4.78, 5) is 22.9. The molecule has 1 amide bonds. The number of esters is 1. The maximum atomic E-state index is 11.8. The molecule has 3 N–H and O–H groups in total. The van der Waals surface area contributed by atoms with Crippen molar-refractivity contribution in [3.8, 4) is 0 Å². The number of nitrogens with one attached hydrogen (secondary N) is 1. The number of hydrogen-bond acceptors (Lipinski definition) is 4. The largest absolute Gasteiger partial charge is 0.469 e. The lowest BCUT2D eigenvalue weighted by atomic mass is 10.1. The summed E-state index contributed by atoms with van der Waals surface area (Å²) in [5.74, 6) is -1.05. The second-order valence-electron chi connectivity index (χ2n) is 4.06. The smallest absolute Gasteiger partial charge is 0.310 e. The van der Waals surface area contributed by atoms with Crippen LogP contribution < -0.4 is 11.1 Å². The van der Waals surface area contributed by atoms with Crippen LogP contribution in [0.2, 0.25) is 0 Å². The van der Waals surface area contributed by atoms with Crippen molar-refractivity contribution in [3.05, 3.63) is 35.9 Å². The fourth-order valence-corrected chi connectivity index (χ4v) is 1.46. The van der Waals surface area contributed by atoms with E-state index < -0.39 is 6.04 Å². The van der Waals surface area contributed by atoms with Crippen molar-refractivity contribution < 1.29 is 14.3 Å². The second-order valence-corrected chi connectivity index (χ2v) is 4.06. The van der Waals surface area contributed by atoms with Crippen LogP contribution >= 0.6 is 0 Å². The van der Waals surface area contributed by atoms with Gasteiger partial charge in [-0.2, -0.15) is 0 Å². The molecule has 0 spiro atoms. The van der Waals surface area contributed by atoms with Gasteiger partial charge in [-0.15, -0.1) is 0 Å². The van der Waals surface area contributed by atoms with Gasteiger partial charge < -0.3 is 15.8 Å². The van der Waals surface area contributed by atoms with Crippen LogP contribution in [0.3, 0.4) is 0 Å².